The minimum atomic E-state index is -0.323. The van der Waals surface area contributed by atoms with Crippen LogP contribution >= 0.6 is 0 Å². The van der Waals surface area contributed by atoms with Crippen LogP contribution in [-0.4, -0.2) is 28.7 Å². The second kappa shape index (κ2) is 7.86. The van der Waals surface area contributed by atoms with Crippen molar-refractivity contribution >= 4 is 29.1 Å². The molecule has 0 spiro atoms. The van der Waals surface area contributed by atoms with Crippen molar-refractivity contribution in [2.45, 2.75) is 40.7 Å². The molecule has 7 heteroatoms. The molecule has 0 aliphatic rings. The number of hydrogen-bond acceptors (Lipinski definition) is 3. The van der Waals surface area contributed by atoms with E-state index >= 15 is 0 Å². The van der Waals surface area contributed by atoms with Crippen molar-refractivity contribution in [1.29, 1.82) is 0 Å². The van der Waals surface area contributed by atoms with E-state index in [1.54, 1.807) is 38.1 Å². The Kier molecular flexibility index (Phi) is 5.82. The van der Waals surface area contributed by atoms with E-state index in [9.17, 15) is 14.4 Å². The van der Waals surface area contributed by atoms with Gasteiger partial charge in [0.05, 0.1) is 0 Å². The van der Waals surface area contributed by atoms with E-state index in [2.05, 4.69) is 20.9 Å². The summed E-state index contributed by atoms with van der Waals surface area (Å²) in [5.41, 5.74) is 3.43. The number of urea groups is 1. The highest BCUT2D eigenvalue weighted by Gasteiger charge is 2.19. The first kappa shape index (κ1) is 19.2. The summed E-state index contributed by atoms with van der Waals surface area (Å²) >= 11 is 0. The van der Waals surface area contributed by atoms with Crippen LogP contribution in [-0.2, 0) is 0 Å². The minimum Gasteiger partial charge on any atom is -0.354 e. The van der Waals surface area contributed by atoms with Gasteiger partial charge in [-0.1, -0.05) is 0 Å². The van der Waals surface area contributed by atoms with Crippen LogP contribution in [0.3, 0.4) is 0 Å². The third-order valence-electron chi connectivity index (χ3n) is 3.84. The molecule has 4 N–H and O–H groups in total. The number of anilines is 2. The van der Waals surface area contributed by atoms with E-state index in [-0.39, 0.29) is 23.8 Å². The molecular weight excluding hydrogens is 332 g/mol. The average molecular weight is 356 g/mol. The Morgan fingerprint density at radius 3 is 1.96 bits per heavy atom. The van der Waals surface area contributed by atoms with Gasteiger partial charge in [0.1, 0.15) is 5.69 Å². The smallest absolute Gasteiger partial charge is 0.319 e. The third kappa shape index (κ3) is 4.50. The van der Waals surface area contributed by atoms with Crippen LogP contribution in [0, 0.1) is 13.8 Å². The lowest BCUT2D eigenvalue weighted by molar-refractivity contribution is 0.101. The molecule has 1 aromatic carbocycles. The monoisotopic (exact) mass is 356 g/mol. The minimum absolute atomic E-state index is 0.0425. The predicted molar refractivity (Wildman–Crippen MR) is 102 cm³/mol. The normalized spacial score (nSPS) is 10.5. The molecule has 0 aliphatic heterocycles. The molecule has 1 heterocycles. The van der Waals surface area contributed by atoms with E-state index in [0.29, 0.717) is 33.9 Å². The molecule has 0 bridgehead atoms. The molecule has 0 unspecified atom stereocenters. The number of aryl methyl sites for hydroxylation is 1. The van der Waals surface area contributed by atoms with Gasteiger partial charge in [-0.15, -0.1) is 0 Å². The van der Waals surface area contributed by atoms with Gasteiger partial charge < -0.3 is 20.9 Å². The molecule has 0 aliphatic carbocycles. The molecular formula is C19H24N4O3. The van der Waals surface area contributed by atoms with Crippen molar-refractivity contribution in [3.05, 3.63) is 46.8 Å². The average Bonchev–Trinajstić information content (AvgIpc) is 2.83. The summed E-state index contributed by atoms with van der Waals surface area (Å²) in [6.45, 7) is 8.74. The number of nitrogens with one attached hydrogen (secondary N) is 4. The number of H-pyrrole nitrogens is 1. The van der Waals surface area contributed by atoms with Crippen LogP contribution in [0.5, 0.6) is 0 Å². The van der Waals surface area contributed by atoms with E-state index in [4.69, 9.17) is 0 Å². The summed E-state index contributed by atoms with van der Waals surface area (Å²) in [5, 5.41) is 8.22. The van der Waals surface area contributed by atoms with Crippen molar-refractivity contribution in [1.82, 2.24) is 10.3 Å². The maximum absolute atomic E-state index is 12.5. The van der Waals surface area contributed by atoms with Crippen molar-refractivity contribution in [3.63, 3.8) is 0 Å². The van der Waals surface area contributed by atoms with Gasteiger partial charge in [0.25, 0.3) is 5.91 Å². The van der Waals surface area contributed by atoms with E-state index in [1.807, 2.05) is 13.8 Å². The number of amides is 3. The Hall–Kier alpha value is -3.09. The largest absolute Gasteiger partial charge is 0.354 e. The Morgan fingerprint density at radius 1 is 0.962 bits per heavy atom. The topological polar surface area (TPSA) is 103 Å². The molecule has 7 nitrogen and oxygen atoms in total. The Morgan fingerprint density at radius 2 is 1.50 bits per heavy atom. The number of rotatable bonds is 5. The lowest BCUT2D eigenvalue weighted by atomic mass is 10.1. The number of aromatic nitrogens is 1. The standard InChI is InChI=1S/C19H24N4O3/c1-10(2)20-19(26)23-15-8-6-14(7-9-15)22-18(25)17-11(3)16(13(5)24)12(4)21-17/h6-10,21H,1-5H3,(H,22,25)(H2,20,23,26). The number of carbonyl (C=O) groups excluding carboxylic acids is 3. The molecule has 26 heavy (non-hydrogen) atoms. The van der Waals surface area contributed by atoms with Gasteiger partial charge in [-0.25, -0.2) is 4.79 Å². The van der Waals surface area contributed by atoms with Crippen LogP contribution in [0.1, 0.15) is 52.9 Å². The summed E-state index contributed by atoms with van der Waals surface area (Å²) in [4.78, 5) is 38.8. The number of carbonyl (C=O) groups is 3. The molecule has 0 atom stereocenters. The molecule has 0 saturated carbocycles. The highest BCUT2D eigenvalue weighted by molar-refractivity contribution is 6.07. The van der Waals surface area contributed by atoms with Gasteiger partial charge in [0, 0.05) is 28.7 Å². The lowest BCUT2D eigenvalue weighted by Gasteiger charge is -2.11. The zero-order valence-electron chi connectivity index (χ0n) is 15.6. The van der Waals surface area contributed by atoms with Crippen molar-refractivity contribution in [2.75, 3.05) is 10.6 Å². The molecule has 0 radical (unpaired) electrons. The number of aromatic amines is 1. The quantitative estimate of drug-likeness (QED) is 0.615. The molecule has 138 valence electrons. The molecule has 0 saturated heterocycles. The summed E-state index contributed by atoms with van der Waals surface area (Å²) in [6, 6.07) is 6.54. The molecule has 1 aromatic heterocycles. The Balaban J connectivity index is 2.07. The van der Waals surface area contributed by atoms with Crippen LogP contribution in [0.15, 0.2) is 24.3 Å². The Bertz CT molecular complexity index is 835. The second-order valence-corrected chi connectivity index (χ2v) is 6.47. The first-order valence-corrected chi connectivity index (χ1v) is 8.38. The van der Waals surface area contributed by atoms with E-state index < -0.39 is 0 Å². The fourth-order valence-electron chi connectivity index (χ4n) is 2.77. The first-order valence-electron chi connectivity index (χ1n) is 8.38. The fraction of sp³-hybridized carbons (Fsp3) is 0.316. The number of hydrogen-bond donors (Lipinski definition) is 4. The zero-order valence-corrected chi connectivity index (χ0v) is 15.6. The third-order valence-corrected chi connectivity index (χ3v) is 3.84. The van der Waals surface area contributed by atoms with E-state index in [0.717, 1.165) is 0 Å². The predicted octanol–water partition coefficient (Wildman–Crippen LogP) is 3.62. The molecule has 2 aromatic rings. The van der Waals surface area contributed by atoms with Gasteiger partial charge in [0.15, 0.2) is 5.78 Å². The Labute approximate surface area is 152 Å². The molecule has 3 amide bonds. The van der Waals surface area contributed by atoms with E-state index in [1.165, 1.54) is 6.92 Å². The SMILES string of the molecule is CC(=O)c1c(C)[nH]c(C(=O)Nc2ccc(NC(=O)NC(C)C)cc2)c1C. The van der Waals surface area contributed by atoms with Gasteiger partial charge in [0.2, 0.25) is 0 Å². The van der Waals surface area contributed by atoms with Gasteiger partial charge in [-0.05, 0) is 64.4 Å². The van der Waals surface area contributed by atoms with Gasteiger partial charge in [-0.2, -0.15) is 0 Å². The van der Waals surface area contributed by atoms with Crippen molar-refractivity contribution in [2.24, 2.45) is 0 Å². The number of Topliss-reactive ketones (excluding diaryl/α,β-unsaturated/α-hetero) is 1. The number of ketones is 1. The summed E-state index contributed by atoms with van der Waals surface area (Å²) in [7, 11) is 0. The van der Waals surface area contributed by atoms with Crippen LogP contribution in [0.25, 0.3) is 0 Å². The highest BCUT2D eigenvalue weighted by atomic mass is 16.2. The number of benzene rings is 1. The summed E-state index contributed by atoms with van der Waals surface area (Å²) in [5.74, 6) is -0.401. The second-order valence-electron chi connectivity index (χ2n) is 6.47. The molecule has 0 fully saturated rings. The van der Waals surface area contributed by atoms with Gasteiger partial charge in [-0.3, -0.25) is 9.59 Å². The fourth-order valence-corrected chi connectivity index (χ4v) is 2.77. The van der Waals surface area contributed by atoms with Crippen molar-refractivity contribution in [3.8, 4) is 0 Å². The van der Waals surface area contributed by atoms with Crippen LogP contribution in [0.2, 0.25) is 0 Å². The summed E-state index contributed by atoms with van der Waals surface area (Å²) in [6.07, 6.45) is 0. The molecule has 2 rings (SSSR count). The van der Waals surface area contributed by atoms with Crippen LogP contribution in [0.4, 0.5) is 16.2 Å². The van der Waals surface area contributed by atoms with Gasteiger partial charge >= 0.3 is 6.03 Å². The lowest BCUT2D eigenvalue weighted by Crippen LogP contribution is -2.34. The maximum atomic E-state index is 12.5. The summed E-state index contributed by atoms with van der Waals surface area (Å²) < 4.78 is 0. The highest BCUT2D eigenvalue weighted by Crippen LogP contribution is 2.20. The maximum Gasteiger partial charge on any atom is 0.319 e. The zero-order chi connectivity index (χ0) is 19.4. The van der Waals surface area contributed by atoms with Crippen LogP contribution < -0.4 is 16.0 Å². The first-order chi connectivity index (χ1) is 12.2. The van der Waals surface area contributed by atoms with Crippen molar-refractivity contribution < 1.29 is 14.4 Å².